The number of carbonyl (C=O) groups is 1. The first-order chi connectivity index (χ1) is 13.0. The summed E-state index contributed by atoms with van der Waals surface area (Å²) in [4.78, 5) is 14.7. The number of likely N-dealkylation sites (tertiary alicyclic amines) is 1. The van der Waals surface area contributed by atoms with Gasteiger partial charge in [0.05, 0.1) is 0 Å². The Hall–Kier alpha value is -1.81. The highest BCUT2D eigenvalue weighted by Crippen LogP contribution is 2.81. The van der Waals surface area contributed by atoms with Crippen molar-refractivity contribution in [2.75, 3.05) is 13.6 Å². The zero-order valence-electron chi connectivity index (χ0n) is 16.4. The SMILES string of the molecule is CCCC(=O)Oc1ccc2c3c1O[C@H]1CC=C[C@@]45CN(C)C(C2)C4(C)C31C5. The Balaban J connectivity index is 1.55. The van der Waals surface area contributed by atoms with Crippen LogP contribution in [0.4, 0.5) is 0 Å². The number of benzene rings is 1. The van der Waals surface area contributed by atoms with Crippen LogP contribution >= 0.6 is 0 Å². The van der Waals surface area contributed by atoms with Crippen molar-refractivity contribution in [3.8, 4) is 11.5 Å². The molecule has 27 heavy (non-hydrogen) atoms. The first-order valence-corrected chi connectivity index (χ1v) is 10.4. The van der Waals surface area contributed by atoms with E-state index in [0.29, 0.717) is 18.2 Å². The van der Waals surface area contributed by atoms with Crippen molar-refractivity contribution in [3.63, 3.8) is 0 Å². The van der Waals surface area contributed by atoms with Gasteiger partial charge in [-0.2, -0.15) is 0 Å². The lowest BCUT2D eigenvalue weighted by Crippen LogP contribution is -2.72. The van der Waals surface area contributed by atoms with Crippen LogP contribution in [0.25, 0.3) is 0 Å². The first-order valence-electron chi connectivity index (χ1n) is 10.4. The molecule has 4 aliphatic carbocycles. The van der Waals surface area contributed by atoms with Crippen molar-refractivity contribution in [1.29, 1.82) is 0 Å². The molecule has 1 aromatic carbocycles. The van der Waals surface area contributed by atoms with Crippen LogP contribution in [-0.4, -0.2) is 36.6 Å². The maximum atomic E-state index is 12.2. The van der Waals surface area contributed by atoms with Gasteiger partial charge in [-0.05, 0) is 37.9 Å². The number of esters is 1. The monoisotopic (exact) mass is 365 g/mol. The maximum absolute atomic E-state index is 12.2. The van der Waals surface area contributed by atoms with E-state index >= 15 is 0 Å². The van der Waals surface area contributed by atoms with Crippen molar-refractivity contribution in [1.82, 2.24) is 4.90 Å². The van der Waals surface area contributed by atoms with Gasteiger partial charge in [0, 0.05) is 47.2 Å². The molecule has 2 bridgehead atoms. The van der Waals surface area contributed by atoms with Crippen LogP contribution in [0.1, 0.15) is 50.7 Å². The zero-order valence-corrected chi connectivity index (χ0v) is 16.4. The van der Waals surface area contributed by atoms with E-state index in [-0.39, 0.29) is 28.3 Å². The van der Waals surface area contributed by atoms with Crippen LogP contribution in [-0.2, 0) is 16.6 Å². The molecular formula is C23H27NO3. The Labute approximate surface area is 160 Å². The fourth-order valence-electron chi connectivity index (χ4n) is 7.61. The van der Waals surface area contributed by atoms with E-state index in [1.807, 2.05) is 13.0 Å². The molecule has 5 atom stereocenters. The Morgan fingerprint density at radius 3 is 3.07 bits per heavy atom. The van der Waals surface area contributed by atoms with E-state index in [1.165, 1.54) is 11.1 Å². The fourth-order valence-corrected chi connectivity index (χ4v) is 7.61. The zero-order chi connectivity index (χ0) is 18.6. The van der Waals surface area contributed by atoms with Gasteiger partial charge in [-0.1, -0.05) is 32.1 Å². The summed E-state index contributed by atoms with van der Waals surface area (Å²) in [6.45, 7) is 5.64. The summed E-state index contributed by atoms with van der Waals surface area (Å²) >= 11 is 0. The Kier molecular flexibility index (Phi) is 2.86. The third-order valence-electron chi connectivity index (χ3n) is 8.63. The highest BCUT2D eigenvalue weighted by Gasteiger charge is 2.83. The molecule has 6 aliphatic rings. The number of fused-ring (bicyclic) bond motifs is 1. The Morgan fingerprint density at radius 1 is 1.41 bits per heavy atom. The molecule has 1 saturated heterocycles. The van der Waals surface area contributed by atoms with E-state index < -0.39 is 0 Å². The molecular weight excluding hydrogens is 338 g/mol. The molecule has 0 radical (unpaired) electrons. The number of carbonyl (C=O) groups excluding carboxylic acids is 1. The van der Waals surface area contributed by atoms with E-state index in [2.05, 4.69) is 37.1 Å². The normalized spacial score (nSPS) is 42.2. The quantitative estimate of drug-likeness (QED) is 0.466. The second kappa shape index (κ2) is 4.78. The number of hydrogen-bond acceptors (Lipinski definition) is 4. The predicted octanol–water partition coefficient (Wildman–Crippen LogP) is 3.62. The van der Waals surface area contributed by atoms with Gasteiger partial charge in [-0.25, -0.2) is 0 Å². The molecule has 2 heterocycles. The van der Waals surface area contributed by atoms with Gasteiger partial charge in [-0.15, -0.1) is 0 Å². The van der Waals surface area contributed by atoms with E-state index in [9.17, 15) is 4.79 Å². The number of rotatable bonds is 3. The van der Waals surface area contributed by atoms with E-state index in [4.69, 9.17) is 9.47 Å². The van der Waals surface area contributed by atoms with Crippen molar-refractivity contribution in [2.24, 2.45) is 10.8 Å². The van der Waals surface area contributed by atoms with Crippen LogP contribution in [0.5, 0.6) is 11.5 Å². The van der Waals surface area contributed by atoms with Crippen LogP contribution in [0.2, 0.25) is 0 Å². The van der Waals surface area contributed by atoms with Gasteiger partial charge in [0.1, 0.15) is 6.10 Å². The summed E-state index contributed by atoms with van der Waals surface area (Å²) in [6, 6.07) is 4.70. The smallest absolute Gasteiger partial charge is 0.311 e. The van der Waals surface area contributed by atoms with Crippen molar-refractivity contribution in [2.45, 2.75) is 63.5 Å². The molecule has 2 spiro atoms. The maximum Gasteiger partial charge on any atom is 0.311 e. The average molecular weight is 365 g/mol. The molecule has 3 unspecified atom stereocenters. The second-order valence-electron chi connectivity index (χ2n) is 9.54. The molecule has 1 saturated carbocycles. The van der Waals surface area contributed by atoms with Gasteiger partial charge in [0.15, 0.2) is 11.5 Å². The number of hydrogen-bond donors (Lipinski definition) is 0. The standard InChI is InChI=1S/C23H27NO3/c1-4-6-18(25)26-15-9-8-14-11-16-21(2)22(13-24(16)3)10-5-7-17-23(21,12-22)19(14)20(15)27-17/h5,8-10,16-17H,4,6-7,11-13H2,1-3H3/t16?,17-,21?,22+,23?/m0/s1. The number of likely N-dealkylation sites (N-methyl/N-ethyl adjacent to an activating group) is 1. The average Bonchev–Trinajstić information content (AvgIpc) is 2.95. The lowest BCUT2D eigenvalue weighted by molar-refractivity contribution is -0.143. The van der Waals surface area contributed by atoms with Crippen molar-refractivity contribution >= 4 is 5.97 Å². The van der Waals surface area contributed by atoms with Crippen LogP contribution in [0.3, 0.4) is 0 Å². The molecule has 0 amide bonds. The van der Waals surface area contributed by atoms with Crippen molar-refractivity contribution < 1.29 is 14.3 Å². The minimum absolute atomic E-state index is 0.0576. The molecule has 0 N–H and O–H groups in total. The van der Waals surface area contributed by atoms with E-state index in [1.54, 1.807) is 0 Å². The molecule has 0 aromatic heterocycles. The summed E-state index contributed by atoms with van der Waals surface area (Å²) in [5.41, 5.74) is 3.27. The molecule has 7 rings (SSSR count). The Morgan fingerprint density at radius 2 is 2.26 bits per heavy atom. The Bertz CT molecular complexity index is 907. The summed E-state index contributed by atoms with van der Waals surface area (Å²) in [7, 11) is 2.29. The first kappa shape index (κ1) is 16.2. The molecule has 2 fully saturated rings. The fraction of sp³-hybridized carbons (Fsp3) is 0.609. The molecule has 142 valence electrons. The third-order valence-corrected chi connectivity index (χ3v) is 8.63. The van der Waals surface area contributed by atoms with Crippen molar-refractivity contribution in [3.05, 3.63) is 35.4 Å². The summed E-state index contributed by atoms with van der Waals surface area (Å²) in [5, 5.41) is 0. The minimum atomic E-state index is -0.162. The molecule has 4 nitrogen and oxygen atoms in total. The van der Waals surface area contributed by atoms with Crippen LogP contribution in [0, 0.1) is 10.8 Å². The summed E-state index contributed by atoms with van der Waals surface area (Å²) < 4.78 is 12.3. The van der Waals surface area contributed by atoms with Gasteiger partial charge in [-0.3, -0.25) is 4.79 Å². The molecule has 2 aliphatic heterocycles. The predicted molar refractivity (Wildman–Crippen MR) is 102 cm³/mol. The van der Waals surface area contributed by atoms with Gasteiger partial charge >= 0.3 is 5.97 Å². The molecule has 1 aromatic rings. The number of nitrogens with zero attached hydrogens (tertiary/aromatic N) is 1. The highest BCUT2D eigenvalue weighted by atomic mass is 16.6. The third kappa shape index (κ3) is 1.53. The van der Waals surface area contributed by atoms with Crippen LogP contribution < -0.4 is 9.47 Å². The lowest BCUT2D eigenvalue weighted by Gasteiger charge is -2.69. The minimum Gasteiger partial charge on any atom is -0.485 e. The van der Waals surface area contributed by atoms with E-state index in [0.717, 1.165) is 38.0 Å². The van der Waals surface area contributed by atoms with Gasteiger partial charge in [0.25, 0.3) is 0 Å². The van der Waals surface area contributed by atoms with Gasteiger partial charge < -0.3 is 14.4 Å². The molecule has 4 heteroatoms. The largest absolute Gasteiger partial charge is 0.485 e. The summed E-state index contributed by atoms with van der Waals surface area (Å²) in [5.74, 6) is 1.33. The number of ether oxygens (including phenoxy) is 2. The van der Waals surface area contributed by atoms with Gasteiger partial charge in [0.2, 0.25) is 0 Å². The van der Waals surface area contributed by atoms with Crippen LogP contribution in [0.15, 0.2) is 24.3 Å². The highest BCUT2D eigenvalue weighted by molar-refractivity contribution is 5.75. The second-order valence-corrected chi connectivity index (χ2v) is 9.54. The summed E-state index contributed by atoms with van der Waals surface area (Å²) in [6.07, 6.45) is 9.43. The lowest BCUT2D eigenvalue weighted by atomic mass is 9.32. The topological polar surface area (TPSA) is 38.8 Å².